The predicted octanol–water partition coefficient (Wildman–Crippen LogP) is 2.65. The van der Waals surface area contributed by atoms with Crippen LogP contribution in [0.4, 0.5) is 0 Å². The van der Waals surface area contributed by atoms with Crippen LogP contribution in [0.5, 0.6) is 0 Å². The molecule has 1 aromatic carbocycles. The molecule has 0 amide bonds. The van der Waals surface area contributed by atoms with Crippen LogP contribution in [0.2, 0.25) is 0 Å². The van der Waals surface area contributed by atoms with E-state index in [1.807, 2.05) is 18.2 Å². The number of aromatic nitrogens is 1. The number of pyridine rings is 1. The van der Waals surface area contributed by atoms with Crippen LogP contribution in [0.3, 0.4) is 0 Å². The highest BCUT2D eigenvalue weighted by Gasteiger charge is 2.05. The number of hydrogen-bond donors (Lipinski definition) is 1. The first-order chi connectivity index (χ1) is 6.70. The van der Waals surface area contributed by atoms with Crippen LogP contribution >= 0.6 is 0 Å². The second-order valence-corrected chi connectivity index (χ2v) is 3.77. The fourth-order valence-electron chi connectivity index (χ4n) is 1.75. The van der Waals surface area contributed by atoms with E-state index in [9.17, 15) is 4.79 Å². The number of benzene rings is 1. The van der Waals surface area contributed by atoms with E-state index in [2.05, 4.69) is 24.9 Å². The lowest BCUT2D eigenvalue weighted by Gasteiger charge is -2.08. The molecule has 1 N–H and O–H groups in total. The summed E-state index contributed by atoms with van der Waals surface area (Å²) in [7, 11) is 0. The van der Waals surface area contributed by atoms with Crippen molar-refractivity contribution in [1.82, 2.24) is 4.98 Å². The first kappa shape index (κ1) is 9.00. The molecule has 0 bridgehead atoms. The molecule has 0 fully saturated rings. The van der Waals surface area contributed by atoms with Gasteiger partial charge in [0.1, 0.15) is 0 Å². The molecule has 0 radical (unpaired) electrons. The maximum Gasteiger partial charge on any atom is 0.255 e. The zero-order chi connectivity index (χ0) is 10.1. The Kier molecular flexibility index (Phi) is 2.12. The largest absolute Gasteiger partial charge is 0.329 e. The fraction of sp³-hybridized carbons (Fsp3) is 0.250. The summed E-state index contributed by atoms with van der Waals surface area (Å²) in [5.74, 6) is 0.445. The van der Waals surface area contributed by atoms with Gasteiger partial charge in [-0.05, 0) is 29.0 Å². The van der Waals surface area contributed by atoms with E-state index in [4.69, 9.17) is 0 Å². The zero-order valence-corrected chi connectivity index (χ0v) is 8.37. The van der Waals surface area contributed by atoms with Gasteiger partial charge < -0.3 is 4.98 Å². The van der Waals surface area contributed by atoms with Crippen LogP contribution in [0, 0.1) is 0 Å². The average Bonchev–Trinajstić information content (AvgIpc) is 2.17. The molecule has 72 valence electrons. The number of H-pyrrole nitrogens is 1. The lowest BCUT2D eigenvalue weighted by molar-refractivity contribution is 0.876. The molecule has 14 heavy (non-hydrogen) atoms. The van der Waals surface area contributed by atoms with E-state index in [0.717, 1.165) is 10.8 Å². The summed E-state index contributed by atoms with van der Waals surface area (Å²) >= 11 is 0. The van der Waals surface area contributed by atoms with Crippen molar-refractivity contribution in [2.75, 3.05) is 0 Å². The van der Waals surface area contributed by atoms with Gasteiger partial charge in [-0.2, -0.15) is 0 Å². The standard InChI is InChI=1S/C12H13NO/c1-8(2)9-4-3-5-11-10(9)6-7-13-12(11)14/h3-8H,1-2H3,(H,13,14). The van der Waals surface area contributed by atoms with Crippen molar-refractivity contribution in [3.63, 3.8) is 0 Å². The van der Waals surface area contributed by atoms with Gasteiger partial charge in [-0.1, -0.05) is 26.0 Å². The molecule has 2 aromatic rings. The molecule has 1 heterocycles. The monoisotopic (exact) mass is 187 g/mol. The number of aromatic amines is 1. The molecule has 0 aliphatic carbocycles. The van der Waals surface area contributed by atoms with Crippen molar-refractivity contribution in [3.8, 4) is 0 Å². The molecule has 0 spiro atoms. The Bertz CT molecular complexity index is 511. The first-order valence-electron chi connectivity index (χ1n) is 4.80. The van der Waals surface area contributed by atoms with Crippen LogP contribution < -0.4 is 5.56 Å². The summed E-state index contributed by atoms with van der Waals surface area (Å²) in [6.45, 7) is 4.27. The maximum atomic E-state index is 11.5. The highest BCUT2D eigenvalue weighted by atomic mass is 16.1. The van der Waals surface area contributed by atoms with Crippen LogP contribution in [0.25, 0.3) is 10.8 Å². The van der Waals surface area contributed by atoms with E-state index in [0.29, 0.717) is 5.92 Å². The molecule has 2 nitrogen and oxygen atoms in total. The molecule has 2 heteroatoms. The Morgan fingerprint density at radius 2 is 1.93 bits per heavy atom. The minimum atomic E-state index is -0.00926. The molecule has 1 aromatic heterocycles. The van der Waals surface area contributed by atoms with Crippen LogP contribution in [0.15, 0.2) is 35.3 Å². The minimum Gasteiger partial charge on any atom is -0.329 e. The lowest BCUT2D eigenvalue weighted by Crippen LogP contribution is -2.05. The topological polar surface area (TPSA) is 32.9 Å². The smallest absolute Gasteiger partial charge is 0.255 e. The third kappa shape index (κ3) is 1.33. The van der Waals surface area contributed by atoms with Crippen molar-refractivity contribution < 1.29 is 0 Å². The maximum absolute atomic E-state index is 11.5. The van der Waals surface area contributed by atoms with E-state index >= 15 is 0 Å². The second-order valence-electron chi connectivity index (χ2n) is 3.77. The van der Waals surface area contributed by atoms with E-state index in [1.165, 1.54) is 5.56 Å². The van der Waals surface area contributed by atoms with Gasteiger partial charge in [0.05, 0.1) is 0 Å². The lowest BCUT2D eigenvalue weighted by atomic mass is 9.97. The summed E-state index contributed by atoms with van der Waals surface area (Å²) in [6, 6.07) is 7.84. The van der Waals surface area contributed by atoms with E-state index in [1.54, 1.807) is 6.20 Å². The van der Waals surface area contributed by atoms with Crippen molar-refractivity contribution >= 4 is 10.8 Å². The van der Waals surface area contributed by atoms with Crippen molar-refractivity contribution in [2.45, 2.75) is 19.8 Å². The third-order valence-corrected chi connectivity index (χ3v) is 2.47. The average molecular weight is 187 g/mol. The molecular weight excluding hydrogens is 174 g/mol. The summed E-state index contributed by atoms with van der Waals surface area (Å²) < 4.78 is 0. The Morgan fingerprint density at radius 3 is 2.64 bits per heavy atom. The SMILES string of the molecule is CC(C)c1cccc2c(=O)[nH]ccc12. The number of rotatable bonds is 1. The molecule has 2 rings (SSSR count). The Labute approximate surface area is 82.6 Å². The number of nitrogens with one attached hydrogen (secondary N) is 1. The molecule has 0 saturated carbocycles. The Balaban J connectivity index is 2.88. The quantitative estimate of drug-likeness (QED) is 0.731. The van der Waals surface area contributed by atoms with Gasteiger partial charge in [0.2, 0.25) is 0 Å². The van der Waals surface area contributed by atoms with Crippen LogP contribution in [-0.4, -0.2) is 4.98 Å². The molecule has 0 aliphatic heterocycles. The van der Waals surface area contributed by atoms with Gasteiger partial charge in [0.15, 0.2) is 0 Å². The molecule has 0 unspecified atom stereocenters. The summed E-state index contributed by atoms with van der Waals surface area (Å²) in [6.07, 6.45) is 1.70. The minimum absolute atomic E-state index is 0.00926. The fourth-order valence-corrected chi connectivity index (χ4v) is 1.75. The highest BCUT2D eigenvalue weighted by Crippen LogP contribution is 2.22. The van der Waals surface area contributed by atoms with Crippen molar-refractivity contribution in [3.05, 3.63) is 46.4 Å². The summed E-state index contributed by atoms with van der Waals surface area (Å²) in [5.41, 5.74) is 1.22. The highest BCUT2D eigenvalue weighted by molar-refractivity contribution is 5.85. The number of hydrogen-bond acceptors (Lipinski definition) is 1. The molecule has 0 aliphatic rings. The van der Waals surface area contributed by atoms with Crippen molar-refractivity contribution in [2.24, 2.45) is 0 Å². The summed E-state index contributed by atoms with van der Waals surface area (Å²) in [4.78, 5) is 14.2. The molecular formula is C12H13NO. The van der Waals surface area contributed by atoms with Gasteiger partial charge in [-0.3, -0.25) is 4.79 Å². The van der Waals surface area contributed by atoms with Crippen molar-refractivity contribution in [1.29, 1.82) is 0 Å². The Hall–Kier alpha value is -1.57. The normalized spacial score (nSPS) is 11.1. The first-order valence-corrected chi connectivity index (χ1v) is 4.80. The van der Waals surface area contributed by atoms with E-state index in [-0.39, 0.29) is 5.56 Å². The van der Waals surface area contributed by atoms with Crippen LogP contribution in [0.1, 0.15) is 25.3 Å². The van der Waals surface area contributed by atoms with Gasteiger partial charge in [0.25, 0.3) is 5.56 Å². The molecule has 0 saturated heterocycles. The van der Waals surface area contributed by atoms with Gasteiger partial charge >= 0.3 is 0 Å². The third-order valence-electron chi connectivity index (χ3n) is 2.47. The predicted molar refractivity (Wildman–Crippen MR) is 58.7 cm³/mol. The van der Waals surface area contributed by atoms with Gasteiger partial charge in [0, 0.05) is 11.6 Å². The Morgan fingerprint density at radius 1 is 1.14 bits per heavy atom. The second kappa shape index (κ2) is 3.29. The zero-order valence-electron chi connectivity index (χ0n) is 8.37. The summed E-state index contributed by atoms with van der Waals surface area (Å²) in [5, 5.41) is 1.84. The van der Waals surface area contributed by atoms with E-state index < -0.39 is 0 Å². The van der Waals surface area contributed by atoms with Gasteiger partial charge in [-0.25, -0.2) is 0 Å². The molecule has 0 atom stereocenters. The van der Waals surface area contributed by atoms with Crippen LogP contribution in [-0.2, 0) is 0 Å². The van der Waals surface area contributed by atoms with Gasteiger partial charge in [-0.15, -0.1) is 0 Å². The number of fused-ring (bicyclic) bond motifs is 1.